The van der Waals surface area contributed by atoms with E-state index in [0.29, 0.717) is 10.7 Å². The molecule has 0 saturated carbocycles. The molecule has 0 atom stereocenters. The highest BCUT2D eigenvalue weighted by atomic mass is 35.5. The third kappa shape index (κ3) is 2.61. The fourth-order valence-corrected chi connectivity index (χ4v) is 2.01. The first-order valence-corrected chi connectivity index (χ1v) is 5.44. The van der Waals surface area contributed by atoms with Gasteiger partial charge in [-0.3, -0.25) is 0 Å². The smallest absolute Gasteiger partial charge is 0.116 e. The van der Waals surface area contributed by atoms with Crippen LogP contribution in [-0.2, 0) is 0 Å². The Morgan fingerprint density at radius 3 is 2.80 bits per heavy atom. The fourth-order valence-electron chi connectivity index (χ4n) is 1.06. The molecule has 15 heavy (non-hydrogen) atoms. The molecule has 1 aromatic heterocycles. The lowest BCUT2D eigenvalue weighted by Crippen LogP contribution is -1.88. The van der Waals surface area contributed by atoms with Crippen molar-refractivity contribution in [3.63, 3.8) is 0 Å². The first-order chi connectivity index (χ1) is 7.25. The van der Waals surface area contributed by atoms with Crippen molar-refractivity contribution in [3.8, 4) is 0 Å². The summed E-state index contributed by atoms with van der Waals surface area (Å²) in [6, 6.07) is 7.25. The number of hydrogen-bond donors (Lipinski definition) is 1. The Morgan fingerprint density at radius 1 is 1.27 bits per heavy atom. The van der Waals surface area contributed by atoms with Crippen molar-refractivity contribution in [1.29, 1.82) is 0 Å². The molecule has 0 radical (unpaired) electrons. The van der Waals surface area contributed by atoms with Crippen LogP contribution in [0.25, 0.3) is 0 Å². The number of hydrogen-bond acceptors (Lipinski definition) is 4. The maximum absolute atomic E-state index is 5.82. The predicted octanol–water partition coefficient (Wildman–Crippen LogP) is 2.86. The topological polar surface area (TPSA) is 51.8 Å². The zero-order valence-electron chi connectivity index (χ0n) is 7.72. The number of nitrogen functional groups attached to an aromatic ring is 1. The minimum absolute atomic E-state index is 0.638. The van der Waals surface area contributed by atoms with Crippen LogP contribution in [0.2, 0.25) is 5.02 Å². The van der Waals surface area contributed by atoms with E-state index in [4.69, 9.17) is 17.3 Å². The molecule has 76 valence electrons. The van der Waals surface area contributed by atoms with Gasteiger partial charge in [0.25, 0.3) is 0 Å². The van der Waals surface area contributed by atoms with Crippen molar-refractivity contribution < 1.29 is 0 Å². The van der Waals surface area contributed by atoms with Crippen LogP contribution in [0.1, 0.15) is 0 Å². The van der Waals surface area contributed by atoms with Gasteiger partial charge in [-0.05, 0) is 24.3 Å². The number of aromatic nitrogens is 2. The van der Waals surface area contributed by atoms with Gasteiger partial charge in [-0.15, -0.1) is 0 Å². The van der Waals surface area contributed by atoms with Gasteiger partial charge in [0.15, 0.2) is 0 Å². The van der Waals surface area contributed by atoms with Crippen molar-refractivity contribution in [2.75, 3.05) is 5.73 Å². The number of rotatable bonds is 2. The Morgan fingerprint density at radius 2 is 2.13 bits per heavy atom. The number of nitrogens with zero attached hydrogens (tertiary/aromatic N) is 2. The summed E-state index contributed by atoms with van der Waals surface area (Å²) < 4.78 is 0. The average molecular weight is 238 g/mol. The van der Waals surface area contributed by atoms with Crippen LogP contribution in [0.5, 0.6) is 0 Å². The van der Waals surface area contributed by atoms with E-state index in [2.05, 4.69) is 9.97 Å². The molecule has 3 nitrogen and oxygen atoms in total. The highest BCUT2D eigenvalue weighted by molar-refractivity contribution is 7.99. The first-order valence-electron chi connectivity index (χ1n) is 4.24. The van der Waals surface area contributed by atoms with Crippen LogP contribution >= 0.6 is 23.4 Å². The van der Waals surface area contributed by atoms with Crippen molar-refractivity contribution in [3.05, 3.63) is 41.8 Å². The van der Waals surface area contributed by atoms with E-state index in [9.17, 15) is 0 Å². The highest BCUT2D eigenvalue weighted by Crippen LogP contribution is 2.31. The summed E-state index contributed by atoms with van der Waals surface area (Å²) in [5.41, 5.74) is 6.48. The maximum Gasteiger partial charge on any atom is 0.116 e. The molecule has 2 aromatic rings. The fraction of sp³-hybridized carbons (Fsp3) is 0. The molecule has 0 aliphatic rings. The van der Waals surface area contributed by atoms with Gasteiger partial charge in [0.05, 0.1) is 0 Å². The van der Waals surface area contributed by atoms with Gasteiger partial charge >= 0.3 is 0 Å². The van der Waals surface area contributed by atoms with Crippen molar-refractivity contribution in [2.24, 2.45) is 0 Å². The van der Waals surface area contributed by atoms with Crippen LogP contribution in [0, 0.1) is 0 Å². The van der Waals surface area contributed by atoms with Gasteiger partial charge in [0, 0.05) is 21.8 Å². The quantitative estimate of drug-likeness (QED) is 0.645. The minimum Gasteiger partial charge on any atom is -0.398 e. The lowest BCUT2D eigenvalue weighted by molar-refractivity contribution is 1.05. The number of anilines is 1. The second kappa shape index (κ2) is 4.51. The lowest BCUT2D eigenvalue weighted by Gasteiger charge is -2.04. The minimum atomic E-state index is 0.638. The predicted molar refractivity (Wildman–Crippen MR) is 62.0 cm³/mol. The van der Waals surface area contributed by atoms with Gasteiger partial charge in [0.2, 0.25) is 0 Å². The Labute approximate surface area is 96.7 Å². The first kappa shape index (κ1) is 10.3. The molecule has 0 aliphatic carbocycles. The summed E-state index contributed by atoms with van der Waals surface area (Å²) in [5.74, 6) is 0. The molecular weight excluding hydrogens is 230 g/mol. The number of halogens is 1. The second-order valence-electron chi connectivity index (χ2n) is 2.83. The molecule has 0 fully saturated rings. The SMILES string of the molecule is Nc1cc(Cl)ccc1Sc1ccncn1. The van der Waals surface area contributed by atoms with E-state index < -0.39 is 0 Å². The zero-order valence-corrected chi connectivity index (χ0v) is 9.29. The van der Waals surface area contributed by atoms with E-state index in [0.717, 1.165) is 9.92 Å². The Hall–Kier alpha value is -1.26. The monoisotopic (exact) mass is 237 g/mol. The van der Waals surface area contributed by atoms with Crippen LogP contribution in [0.3, 0.4) is 0 Å². The van der Waals surface area contributed by atoms with Gasteiger partial charge in [-0.2, -0.15) is 0 Å². The number of benzene rings is 1. The molecule has 5 heteroatoms. The summed E-state index contributed by atoms with van der Waals surface area (Å²) in [5, 5.41) is 1.50. The van der Waals surface area contributed by atoms with E-state index in [1.807, 2.05) is 12.1 Å². The van der Waals surface area contributed by atoms with E-state index >= 15 is 0 Å². The Kier molecular flexibility index (Phi) is 3.08. The average Bonchev–Trinajstić information content (AvgIpc) is 2.24. The third-order valence-electron chi connectivity index (χ3n) is 1.74. The van der Waals surface area contributed by atoms with E-state index in [1.165, 1.54) is 18.1 Å². The van der Waals surface area contributed by atoms with Gasteiger partial charge in [0.1, 0.15) is 11.4 Å². The molecular formula is C10H8ClN3S. The van der Waals surface area contributed by atoms with Crippen LogP contribution in [0.15, 0.2) is 46.7 Å². The third-order valence-corrected chi connectivity index (χ3v) is 3.02. The molecule has 1 heterocycles. The molecule has 0 unspecified atom stereocenters. The van der Waals surface area contributed by atoms with E-state index in [-0.39, 0.29) is 0 Å². The molecule has 1 aromatic carbocycles. The summed E-state index contributed by atoms with van der Waals surface area (Å²) in [7, 11) is 0. The van der Waals surface area contributed by atoms with Crippen molar-refractivity contribution in [2.45, 2.75) is 9.92 Å². The molecule has 0 amide bonds. The highest BCUT2D eigenvalue weighted by Gasteiger charge is 2.02. The molecule has 0 bridgehead atoms. The van der Waals surface area contributed by atoms with Gasteiger partial charge < -0.3 is 5.73 Å². The molecule has 2 rings (SSSR count). The standard InChI is InChI=1S/C10H8ClN3S/c11-7-1-2-9(8(12)5-7)15-10-3-4-13-6-14-10/h1-6H,12H2. The molecule has 0 saturated heterocycles. The van der Waals surface area contributed by atoms with Crippen LogP contribution < -0.4 is 5.73 Å². The molecule has 2 N–H and O–H groups in total. The van der Waals surface area contributed by atoms with Crippen molar-refractivity contribution >= 4 is 29.1 Å². The van der Waals surface area contributed by atoms with Gasteiger partial charge in [-0.1, -0.05) is 23.4 Å². The molecule has 0 spiro atoms. The Balaban J connectivity index is 2.25. The summed E-state index contributed by atoms with van der Waals surface area (Å²) >= 11 is 7.29. The summed E-state index contributed by atoms with van der Waals surface area (Å²) in [4.78, 5) is 8.89. The second-order valence-corrected chi connectivity index (χ2v) is 4.33. The summed E-state index contributed by atoms with van der Waals surface area (Å²) in [6.45, 7) is 0. The maximum atomic E-state index is 5.82. The normalized spacial score (nSPS) is 10.2. The van der Waals surface area contributed by atoms with Crippen LogP contribution in [-0.4, -0.2) is 9.97 Å². The molecule has 0 aliphatic heterocycles. The van der Waals surface area contributed by atoms with E-state index in [1.54, 1.807) is 18.3 Å². The van der Waals surface area contributed by atoms with Crippen molar-refractivity contribution in [1.82, 2.24) is 9.97 Å². The van der Waals surface area contributed by atoms with Gasteiger partial charge in [-0.25, -0.2) is 9.97 Å². The zero-order chi connectivity index (χ0) is 10.7. The van der Waals surface area contributed by atoms with Crippen LogP contribution in [0.4, 0.5) is 5.69 Å². The Bertz CT molecular complexity index is 461. The largest absolute Gasteiger partial charge is 0.398 e. The number of nitrogens with two attached hydrogens (primary N) is 1. The lowest BCUT2D eigenvalue weighted by atomic mass is 10.3. The summed E-state index contributed by atoms with van der Waals surface area (Å²) in [6.07, 6.45) is 3.20.